The smallest absolute Gasteiger partial charge is 0.216 e. The van der Waals surface area contributed by atoms with E-state index in [2.05, 4.69) is 12.1 Å². The molecule has 0 unspecified atom stereocenters. The van der Waals surface area contributed by atoms with E-state index in [9.17, 15) is 19.2 Å². The molecule has 0 N–H and O–H groups in total. The first kappa shape index (κ1) is 30.2. The Bertz CT molecular complexity index is 2930. The van der Waals surface area contributed by atoms with Crippen LogP contribution in [0.15, 0.2) is 89.5 Å². The molecule has 2 fully saturated rings. The largest absolute Gasteiger partial charge is 0.287 e. The Morgan fingerprint density at radius 2 is 1.04 bits per heavy atom. The number of allylic oxidation sites excluding steroid dienone is 1. The molecule has 0 atom stereocenters. The summed E-state index contributed by atoms with van der Waals surface area (Å²) in [6.07, 6.45) is 13.2. The van der Waals surface area contributed by atoms with Crippen molar-refractivity contribution in [3.8, 4) is 9.75 Å². The maximum atomic E-state index is 13.5. The molecular formula is C42H30N2O4S3. The van der Waals surface area contributed by atoms with Crippen LogP contribution < -0.4 is 32.4 Å². The molecule has 250 valence electrons. The van der Waals surface area contributed by atoms with Crippen molar-refractivity contribution in [2.24, 2.45) is 9.98 Å². The Hall–Kier alpha value is -4.44. The molecule has 9 heteroatoms. The van der Waals surface area contributed by atoms with Crippen molar-refractivity contribution >= 4 is 76.0 Å². The summed E-state index contributed by atoms with van der Waals surface area (Å²) in [6.45, 7) is 0. The van der Waals surface area contributed by atoms with Gasteiger partial charge in [0.2, 0.25) is 21.7 Å². The van der Waals surface area contributed by atoms with Crippen LogP contribution in [0.1, 0.15) is 85.8 Å². The van der Waals surface area contributed by atoms with Crippen LogP contribution >= 0.6 is 34.0 Å². The van der Waals surface area contributed by atoms with Gasteiger partial charge in [0.1, 0.15) is 5.00 Å². The van der Waals surface area contributed by atoms with Crippen molar-refractivity contribution in [2.45, 2.75) is 75.0 Å². The lowest BCUT2D eigenvalue weighted by molar-refractivity contribution is 0.320. The van der Waals surface area contributed by atoms with Gasteiger partial charge in [0, 0.05) is 52.4 Å². The van der Waals surface area contributed by atoms with E-state index in [1.807, 2.05) is 22.7 Å². The first-order chi connectivity index (χ1) is 24.9. The zero-order valence-corrected chi connectivity index (χ0v) is 30.0. The minimum Gasteiger partial charge on any atom is -0.287 e. The van der Waals surface area contributed by atoms with Crippen molar-refractivity contribution in [3.63, 3.8) is 0 Å². The van der Waals surface area contributed by atoms with Gasteiger partial charge in [0.05, 0.1) is 15.3 Å². The third kappa shape index (κ3) is 3.86. The number of thiophene rings is 3. The van der Waals surface area contributed by atoms with Gasteiger partial charge in [0.25, 0.3) is 0 Å². The van der Waals surface area contributed by atoms with Crippen molar-refractivity contribution < 1.29 is 0 Å². The average Bonchev–Trinajstić information content (AvgIpc) is 3.99. The Morgan fingerprint density at radius 1 is 0.529 bits per heavy atom. The topological polar surface area (TPSA) is 93.0 Å². The van der Waals surface area contributed by atoms with Gasteiger partial charge in [0.15, 0.2) is 10.7 Å². The predicted molar refractivity (Wildman–Crippen MR) is 208 cm³/mol. The lowest BCUT2D eigenvalue weighted by Gasteiger charge is -2.41. The molecule has 51 heavy (non-hydrogen) atoms. The minimum atomic E-state index is -0.317. The van der Waals surface area contributed by atoms with Crippen LogP contribution in [0.25, 0.3) is 46.8 Å². The molecular weight excluding hydrogens is 693 g/mol. The van der Waals surface area contributed by atoms with Gasteiger partial charge in [-0.25, -0.2) is 9.98 Å². The third-order valence-corrected chi connectivity index (χ3v) is 15.9. The lowest BCUT2D eigenvalue weighted by Crippen LogP contribution is -2.37. The first-order valence-corrected chi connectivity index (χ1v) is 20.4. The first-order valence-electron chi connectivity index (χ1n) is 17.9. The van der Waals surface area contributed by atoms with Crippen molar-refractivity contribution in [2.75, 3.05) is 0 Å². The average molecular weight is 723 g/mol. The van der Waals surface area contributed by atoms with E-state index in [0.717, 1.165) is 61.8 Å². The van der Waals surface area contributed by atoms with Gasteiger partial charge in [-0.3, -0.25) is 19.2 Å². The van der Waals surface area contributed by atoms with Crippen LogP contribution in [-0.2, 0) is 10.8 Å². The molecule has 0 bridgehead atoms. The monoisotopic (exact) mass is 722 g/mol. The van der Waals surface area contributed by atoms with Crippen molar-refractivity contribution in [1.29, 1.82) is 0 Å². The molecule has 7 aromatic rings. The summed E-state index contributed by atoms with van der Waals surface area (Å²) >= 11 is 5.30. The molecule has 3 aromatic heterocycles. The Balaban J connectivity index is 1.11. The van der Waals surface area contributed by atoms with Crippen LogP contribution in [0.4, 0.5) is 5.00 Å². The maximum Gasteiger partial charge on any atom is 0.216 e. The highest BCUT2D eigenvalue weighted by molar-refractivity contribution is 7.33. The molecule has 0 saturated heterocycles. The minimum absolute atomic E-state index is 0.00726. The number of hydrogen-bond acceptors (Lipinski definition) is 9. The lowest BCUT2D eigenvalue weighted by atomic mass is 9.62. The fraction of sp³-hybridized carbons (Fsp3) is 0.286. The molecule has 2 spiro atoms. The highest BCUT2D eigenvalue weighted by Crippen LogP contribution is 2.69. The molecule has 0 aliphatic heterocycles. The normalized spacial score (nSPS) is 18.5. The number of benzene rings is 2. The van der Waals surface area contributed by atoms with Gasteiger partial charge in [-0.1, -0.05) is 87.1 Å². The molecule has 2 saturated carbocycles. The summed E-state index contributed by atoms with van der Waals surface area (Å²) in [5.41, 5.74) is 3.62. The fourth-order valence-electron chi connectivity index (χ4n) is 10.0. The zero-order valence-electron chi connectivity index (χ0n) is 27.6. The number of rotatable bonds is 2. The summed E-state index contributed by atoms with van der Waals surface area (Å²) in [5, 5.41) is 2.53. The summed E-state index contributed by atoms with van der Waals surface area (Å²) in [5.74, 6) is 0. The summed E-state index contributed by atoms with van der Waals surface area (Å²) < 4.78 is 2.39. The molecule has 4 aliphatic carbocycles. The molecule has 4 aliphatic rings. The molecule has 0 radical (unpaired) electrons. The Labute approximate surface area is 302 Å². The summed E-state index contributed by atoms with van der Waals surface area (Å²) in [7, 11) is 0. The highest BCUT2D eigenvalue weighted by Gasteiger charge is 2.55. The van der Waals surface area contributed by atoms with E-state index in [-0.39, 0.29) is 43.3 Å². The number of fused-ring (bicyclic) bond motifs is 12. The second-order valence-corrected chi connectivity index (χ2v) is 17.9. The molecule has 0 amide bonds. The summed E-state index contributed by atoms with van der Waals surface area (Å²) in [6, 6.07) is 16.1. The maximum absolute atomic E-state index is 13.5. The summed E-state index contributed by atoms with van der Waals surface area (Å²) in [4.78, 5) is 67.2. The highest BCUT2D eigenvalue weighted by atomic mass is 32.1. The zero-order chi connectivity index (χ0) is 34.2. The second-order valence-electron chi connectivity index (χ2n) is 14.8. The Kier molecular flexibility index (Phi) is 6.25. The van der Waals surface area contributed by atoms with E-state index in [1.165, 1.54) is 48.9 Å². The van der Waals surface area contributed by atoms with Crippen LogP contribution in [0, 0.1) is 0 Å². The van der Waals surface area contributed by atoms with Gasteiger partial charge < -0.3 is 0 Å². The van der Waals surface area contributed by atoms with Gasteiger partial charge in [-0.05, 0) is 49.0 Å². The third-order valence-electron chi connectivity index (χ3n) is 12.2. The second kappa shape index (κ2) is 10.6. The van der Waals surface area contributed by atoms with Crippen molar-refractivity contribution in [1.82, 2.24) is 0 Å². The van der Waals surface area contributed by atoms with E-state index < -0.39 is 0 Å². The molecule has 4 aromatic carbocycles. The number of nitrogens with zero attached hydrogens (tertiary/aromatic N) is 2. The standard InChI is InChI=1S/C42H30N2O4S3/c45-34-21-11-3-4-12-22(21)35(46)32(34)43-27-19-25-29(41(27)15-7-1-8-16-41)30-39(49-25)40-31(42(30)17-9-2-10-18-42)38-26(50-40)20-28(51-38)44-33-36(47)23-13-5-6-14-24(23)37(33)48/h3-6,11-14,19-20H,1-2,7-10,15-18H2. The number of hydrogen-bond donors (Lipinski definition) is 0. The van der Waals surface area contributed by atoms with E-state index in [4.69, 9.17) is 9.98 Å². The Morgan fingerprint density at radius 3 is 1.61 bits per heavy atom. The van der Waals surface area contributed by atoms with Crippen LogP contribution in [0.5, 0.6) is 0 Å². The SMILES string of the molecule is O=c1c(=NC2=Cc3sc4c(c3C23CCCCC3)C2(CCCCC2)c2c-4sc3cc(N=c4c(=O)c5ccccc5c4=O)sc23)c(=O)c2ccccc12. The van der Waals surface area contributed by atoms with Crippen LogP contribution in [-0.4, -0.2) is 0 Å². The van der Waals surface area contributed by atoms with Gasteiger partial charge >= 0.3 is 0 Å². The predicted octanol–water partition coefficient (Wildman–Crippen LogP) is 8.14. The molecule has 3 heterocycles. The fourth-order valence-corrected chi connectivity index (χ4v) is 14.3. The van der Waals surface area contributed by atoms with E-state index in [1.54, 1.807) is 59.9 Å². The van der Waals surface area contributed by atoms with Crippen LogP contribution in [0.3, 0.4) is 0 Å². The van der Waals surface area contributed by atoms with E-state index >= 15 is 0 Å². The quantitative estimate of drug-likeness (QED) is 0.180. The van der Waals surface area contributed by atoms with Gasteiger partial charge in [-0.15, -0.1) is 34.0 Å². The van der Waals surface area contributed by atoms with Crippen LogP contribution in [0.2, 0.25) is 0 Å². The molecule has 11 rings (SSSR count). The molecule has 6 nitrogen and oxygen atoms in total. The van der Waals surface area contributed by atoms with Gasteiger partial charge in [-0.2, -0.15) is 0 Å². The van der Waals surface area contributed by atoms with Crippen molar-refractivity contribution in [3.05, 3.63) is 133 Å². The van der Waals surface area contributed by atoms with E-state index in [0.29, 0.717) is 26.5 Å².